The minimum absolute atomic E-state index is 0.126. The lowest BCUT2D eigenvalue weighted by Gasteiger charge is -2.32. The highest BCUT2D eigenvalue weighted by molar-refractivity contribution is 6.66. The first-order chi connectivity index (χ1) is 8.11. The van der Waals surface area contributed by atoms with Crippen LogP contribution in [0, 0.1) is 11.8 Å². The van der Waals surface area contributed by atoms with Crippen LogP contribution in [-0.2, 0) is 14.3 Å². The van der Waals surface area contributed by atoms with Crippen molar-refractivity contribution in [2.24, 2.45) is 11.8 Å². The van der Waals surface area contributed by atoms with Gasteiger partial charge in [-0.2, -0.15) is 0 Å². The number of carbonyl (C=O) groups excluding carboxylic acids is 2. The van der Waals surface area contributed by atoms with Crippen molar-refractivity contribution in [2.75, 3.05) is 0 Å². The van der Waals surface area contributed by atoms with Crippen LogP contribution in [0.25, 0.3) is 0 Å². The maximum atomic E-state index is 11.7. The molecule has 0 N–H and O–H groups in total. The monoisotopic (exact) mass is 368 g/mol. The fourth-order valence-corrected chi connectivity index (χ4v) is 5.73. The van der Waals surface area contributed by atoms with Crippen molar-refractivity contribution in [1.82, 2.24) is 0 Å². The zero-order chi connectivity index (χ0) is 13.7. The molecule has 3 rings (SSSR count). The Morgan fingerprint density at radius 3 is 1.50 bits per heavy atom. The van der Waals surface area contributed by atoms with Crippen LogP contribution in [0.1, 0.15) is 0 Å². The van der Waals surface area contributed by atoms with Gasteiger partial charge in [0.05, 0.1) is 10.1 Å². The molecule has 2 fully saturated rings. The number of hydrogen-bond donors (Lipinski definition) is 0. The summed E-state index contributed by atoms with van der Waals surface area (Å²) in [4.78, 5) is 19.9. The number of carbonyl (C=O) groups is 2. The van der Waals surface area contributed by atoms with Crippen molar-refractivity contribution in [3.63, 3.8) is 0 Å². The van der Waals surface area contributed by atoms with Gasteiger partial charge in [0.25, 0.3) is 0 Å². The molecule has 2 bridgehead atoms. The highest BCUT2D eigenvalue weighted by Crippen LogP contribution is 2.77. The Hall–Kier alpha value is 0.620. The lowest BCUT2D eigenvalue weighted by atomic mass is 9.84. The molecule has 1 saturated heterocycles. The van der Waals surface area contributed by atoms with Gasteiger partial charge in [-0.15, -0.1) is 23.2 Å². The third-order valence-electron chi connectivity index (χ3n) is 3.64. The van der Waals surface area contributed by atoms with E-state index >= 15 is 0 Å². The second-order valence-electron chi connectivity index (χ2n) is 4.32. The third-order valence-corrected chi connectivity index (χ3v) is 7.90. The predicted octanol–water partition coefficient (Wildman–Crippen LogP) is 3.15. The summed E-state index contributed by atoms with van der Waals surface area (Å²) >= 11 is 36.9. The SMILES string of the molecule is O=C1OC(=O)[C@@H]2[C@@H]1[C@]1(Cl)C(Cl)=C(Cl)[C@@]2(Cl)C1(Cl)Cl. The van der Waals surface area contributed by atoms with E-state index in [-0.39, 0.29) is 10.1 Å². The lowest BCUT2D eigenvalue weighted by Crippen LogP contribution is -2.47. The summed E-state index contributed by atoms with van der Waals surface area (Å²) in [5.74, 6) is -3.99. The largest absolute Gasteiger partial charge is 0.393 e. The van der Waals surface area contributed by atoms with Crippen LogP contribution in [0.3, 0.4) is 0 Å². The first-order valence-corrected chi connectivity index (χ1v) is 6.96. The van der Waals surface area contributed by atoms with Gasteiger partial charge < -0.3 is 4.74 Å². The number of fused-ring (bicyclic) bond motifs is 5. The Bertz CT molecular complexity index is 498. The average Bonchev–Trinajstić information content (AvgIpc) is 2.68. The Morgan fingerprint density at radius 1 is 0.833 bits per heavy atom. The van der Waals surface area contributed by atoms with Gasteiger partial charge in [-0.1, -0.05) is 46.4 Å². The van der Waals surface area contributed by atoms with Crippen LogP contribution in [0.15, 0.2) is 10.1 Å². The maximum Gasteiger partial charge on any atom is 0.319 e. The molecule has 0 radical (unpaired) electrons. The van der Waals surface area contributed by atoms with Crippen LogP contribution >= 0.6 is 69.6 Å². The van der Waals surface area contributed by atoms with E-state index in [9.17, 15) is 9.59 Å². The maximum absolute atomic E-state index is 11.7. The van der Waals surface area contributed by atoms with Crippen molar-refractivity contribution in [1.29, 1.82) is 0 Å². The lowest BCUT2D eigenvalue weighted by molar-refractivity contribution is -0.154. The third kappa shape index (κ3) is 1.03. The van der Waals surface area contributed by atoms with Gasteiger partial charge in [-0.25, -0.2) is 0 Å². The molecule has 18 heavy (non-hydrogen) atoms. The topological polar surface area (TPSA) is 43.4 Å². The minimum Gasteiger partial charge on any atom is -0.393 e. The Kier molecular flexibility index (Phi) is 2.60. The van der Waals surface area contributed by atoms with Crippen LogP contribution < -0.4 is 0 Å². The molecule has 0 aromatic carbocycles. The van der Waals surface area contributed by atoms with Crippen molar-refractivity contribution >= 4 is 81.5 Å². The zero-order valence-corrected chi connectivity index (χ0v) is 12.7. The van der Waals surface area contributed by atoms with Crippen molar-refractivity contribution < 1.29 is 14.3 Å². The van der Waals surface area contributed by atoms with E-state index in [1.54, 1.807) is 0 Å². The molecule has 1 saturated carbocycles. The minimum atomic E-state index is -1.89. The van der Waals surface area contributed by atoms with Crippen molar-refractivity contribution in [2.45, 2.75) is 14.1 Å². The summed E-state index contributed by atoms with van der Waals surface area (Å²) in [6.45, 7) is 0. The van der Waals surface area contributed by atoms with Gasteiger partial charge in [-0.05, 0) is 0 Å². The summed E-state index contributed by atoms with van der Waals surface area (Å²) in [6.07, 6.45) is 0. The molecule has 0 aromatic rings. The molecule has 0 spiro atoms. The van der Waals surface area contributed by atoms with Gasteiger partial charge in [0, 0.05) is 0 Å². The van der Waals surface area contributed by atoms with E-state index in [0.29, 0.717) is 0 Å². The standard InChI is InChI=1S/C9H2Cl6O3/c10-3-4(11)8(13)2-1(5(16)18-6(2)17)7(3,12)9(8,14)15/h1-2H/t1-,2-,7-,8+/m0/s1. The van der Waals surface area contributed by atoms with E-state index in [0.717, 1.165) is 0 Å². The van der Waals surface area contributed by atoms with E-state index in [4.69, 9.17) is 69.6 Å². The molecule has 1 aliphatic heterocycles. The molecular weight excluding hydrogens is 369 g/mol. The molecule has 0 aromatic heterocycles. The Labute approximate surface area is 131 Å². The fourth-order valence-electron chi connectivity index (χ4n) is 2.81. The number of ether oxygens (including phenoxy) is 1. The number of halogens is 6. The molecule has 0 unspecified atom stereocenters. The number of hydrogen-bond acceptors (Lipinski definition) is 3. The molecule has 2 aliphatic carbocycles. The molecule has 1 heterocycles. The number of esters is 2. The smallest absolute Gasteiger partial charge is 0.319 e. The fraction of sp³-hybridized carbons (Fsp3) is 0.556. The molecule has 4 atom stereocenters. The summed E-state index contributed by atoms with van der Waals surface area (Å²) in [5, 5.41) is -0.252. The first kappa shape index (κ1) is 13.6. The van der Waals surface area contributed by atoms with Crippen LogP contribution in [-0.4, -0.2) is 26.0 Å². The quantitative estimate of drug-likeness (QED) is 0.374. The average molecular weight is 371 g/mol. The van der Waals surface area contributed by atoms with Crippen molar-refractivity contribution in [3.8, 4) is 0 Å². The molecule has 3 aliphatic rings. The van der Waals surface area contributed by atoms with E-state index in [1.807, 2.05) is 0 Å². The van der Waals surface area contributed by atoms with Crippen LogP contribution in [0.4, 0.5) is 0 Å². The highest BCUT2D eigenvalue weighted by Gasteiger charge is 2.87. The summed E-state index contributed by atoms with van der Waals surface area (Å²) in [5.41, 5.74) is 0. The normalized spacial score (nSPS) is 48.8. The first-order valence-electron chi connectivity index (χ1n) is 4.69. The molecule has 9 heteroatoms. The number of allylic oxidation sites excluding steroid dienone is 2. The van der Waals surface area contributed by atoms with Gasteiger partial charge in [0.15, 0.2) is 4.33 Å². The number of cyclic esters (lactones) is 2. The number of rotatable bonds is 0. The zero-order valence-electron chi connectivity index (χ0n) is 8.15. The molecule has 3 nitrogen and oxygen atoms in total. The predicted molar refractivity (Wildman–Crippen MR) is 68.4 cm³/mol. The van der Waals surface area contributed by atoms with Crippen LogP contribution in [0.2, 0.25) is 0 Å². The van der Waals surface area contributed by atoms with Gasteiger partial charge in [0.2, 0.25) is 0 Å². The Balaban J connectivity index is 2.37. The Morgan fingerprint density at radius 2 is 1.17 bits per heavy atom. The summed E-state index contributed by atoms with van der Waals surface area (Å²) in [7, 11) is 0. The van der Waals surface area contributed by atoms with E-state index in [2.05, 4.69) is 4.74 Å². The van der Waals surface area contributed by atoms with Crippen LogP contribution in [0.5, 0.6) is 0 Å². The summed E-state index contributed by atoms with van der Waals surface area (Å²) < 4.78 is 2.63. The van der Waals surface area contributed by atoms with Gasteiger partial charge >= 0.3 is 11.9 Å². The second-order valence-corrected chi connectivity index (χ2v) is 7.60. The van der Waals surface area contributed by atoms with Gasteiger partial charge in [-0.3, -0.25) is 9.59 Å². The van der Waals surface area contributed by atoms with Gasteiger partial charge in [0.1, 0.15) is 21.6 Å². The number of alkyl halides is 4. The molecule has 0 amide bonds. The van der Waals surface area contributed by atoms with E-state index < -0.39 is 37.9 Å². The van der Waals surface area contributed by atoms with Crippen molar-refractivity contribution in [3.05, 3.63) is 10.1 Å². The highest BCUT2D eigenvalue weighted by atomic mass is 35.5. The molecule has 98 valence electrons. The van der Waals surface area contributed by atoms with E-state index in [1.165, 1.54) is 0 Å². The molecular formula is C9H2Cl6O3. The summed E-state index contributed by atoms with van der Waals surface area (Å²) in [6, 6.07) is 0. The second kappa shape index (κ2) is 3.44.